The molecule has 2 aliphatic rings. The molecule has 2 unspecified atom stereocenters. The summed E-state index contributed by atoms with van der Waals surface area (Å²) in [5.41, 5.74) is 5.40. The summed E-state index contributed by atoms with van der Waals surface area (Å²) in [4.78, 5) is 25.0. The van der Waals surface area contributed by atoms with Crippen LogP contribution in [0.2, 0.25) is 0 Å². The van der Waals surface area contributed by atoms with Crippen LogP contribution in [0.4, 0.5) is 4.79 Å². The fourth-order valence-electron chi connectivity index (χ4n) is 3.09. The topological polar surface area (TPSA) is 81.2 Å². The van der Waals surface area contributed by atoms with Crippen LogP contribution < -0.4 is 5.73 Å². The van der Waals surface area contributed by atoms with Gasteiger partial charge in [0.15, 0.2) is 0 Å². The molecule has 1 saturated heterocycles. The van der Waals surface area contributed by atoms with Crippen LogP contribution >= 0.6 is 0 Å². The molecule has 0 spiro atoms. The van der Waals surface area contributed by atoms with Crippen LogP contribution in [-0.2, 0) is 0 Å². The summed E-state index contributed by atoms with van der Waals surface area (Å²) >= 11 is 0. The van der Waals surface area contributed by atoms with Crippen LogP contribution in [0.25, 0.3) is 0 Å². The Hall–Kier alpha value is -1.85. The molecule has 0 radical (unpaired) electrons. The van der Waals surface area contributed by atoms with E-state index in [1.54, 1.807) is 0 Å². The molecule has 1 aromatic heterocycles. The Kier molecular flexibility index (Phi) is 2.57. The summed E-state index contributed by atoms with van der Waals surface area (Å²) in [6.45, 7) is 1.63. The predicted octanol–water partition coefficient (Wildman–Crippen LogP) is 0.682. The first-order valence-electron chi connectivity index (χ1n) is 6.29. The van der Waals surface area contributed by atoms with Gasteiger partial charge in [0.05, 0.1) is 11.8 Å². The number of hydrogen-bond donors (Lipinski definition) is 1. The number of rotatable bonds is 1. The lowest BCUT2D eigenvalue weighted by atomic mass is 10.0. The summed E-state index contributed by atoms with van der Waals surface area (Å²) in [7, 11) is 0. The standard InChI is InChI=1S/C12H16N4O2/c13-11(17)10-4-14-16(7-10)12(18)15-5-8-2-1-3-9(8)6-15/h4,7-9H,1-3,5-6H2,(H2,13,17). The van der Waals surface area contributed by atoms with E-state index in [9.17, 15) is 9.59 Å². The number of fused-ring (bicyclic) bond motifs is 1. The second-order valence-corrected chi connectivity index (χ2v) is 5.18. The summed E-state index contributed by atoms with van der Waals surface area (Å²) < 4.78 is 1.21. The SMILES string of the molecule is NC(=O)c1cnn(C(=O)N2CC3CCCC3C2)c1. The minimum Gasteiger partial charge on any atom is -0.366 e. The molecule has 0 bridgehead atoms. The summed E-state index contributed by atoms with van der Waals surface area (Å²) in [6, 6.07) is -0.156. The average Bonchev–Trinajstić information content (AvgIpc) is 3.02. The molecule has 96 valence electrons. The van der Waals surface area contributed by atoms with Crippen molar-refractivity contribution in [3.63, 3.8) is 0 Å². The summed E-state index contributed by atoms with van der Waals surface area (Å²) in [5, 5.41) is 3.90. The third-order valence-corrected chi connectivity index (χ3v) is 4.06. The highest BCUT2D eigenvalue weighted by molar-refractivity contribution is 5.93. The number of likely N-dealkylation sites (tertiary alicyclic amines) is 1. The predicted molar refractivity (Wildman–Crippen MR) is 63.9 cm³/mol. The van der Waals surface area contributed by atoms with Gasteiger partial charge < -0.3 is 10.6 Å². The van der Waals surface area contributed by atoms with E-state index in [1.165, 1.54) is 36.3 Å². The van der Waals surface area contributed by atoms with Gasteiger partial charge >= 0.3 is 6.03 Å². The Labute approximate surface area is 105 Å². The first-order valence-corrected chi connectivity index (χ1v) is 6.29. The molecule has 2 N–H and O–H groups in total. The molecule has 1 saturated carbocycles. The molecule has 1 aliphatic heterocycles. The quantitative estimate of drug-likeness (QED) is 0.793. The average molecular weight is 248 g/mol. The fraction of sp³-hybridized carbons (Fsp3) is 0.583. The number of primary amides is 1. The van der Waals surface area contributed by atoms with Crippen molar-refractivity contribution in [3.05, 3.63) is 18.0 Å². The van der Waals surface area contributed by atoms with Gasteiger partial charge in [0, 0.05) is 19.3 Å². The van der Waals surface area contributed by atoms with Gasteiger partial charge in [-0.25, -0.2) is 4.79 Å². The maximum Gasteiger partial charge on any atom is 0.344 e. The normalized spacial score (nSPS) is 26.3. The Morgan fingerprint density at radius 2 is 1.94 bits per heavy atom. The summed E-state index contributed by atoms with van der Waals surface area (Å²) in [5.74, 6) is 0.743. The number of nitrogens with two attached hydrogens (primary N) is 1. The Morgan fingerprint density at radius 1 is 1.28 bits per heavy atom. The number of aromatic nitrogens is 2. The molecule has 18 heavy (non-hydrogen) atoms. The lowest BCUT2D eigenvalue weighted by molar-refractivity contribution is 0.100. The fourth-order valence-corrected chi connectivity index (χ4v) is 3.09. The zero-order chi connectivity index (χ0) is 12.7. The number of nitrogens with zero attached hydrogens (tertiary/aromatic N) is 3. The van der Waals surface area contributed by atoms with E-state index in [0.717, 1.165) is 13.1 Å². The second kappa shape index (κ2) is 4.12. The second-order valence-electron chi connectivity index (χ2n) is 5.18. The number of hydrogen-bond acceptors (Lipinski definition) is 3. The van der Waals surface area contributed by atoms with Crippen LogP contribution in [0.15, 0.2) is 12.4 Å². The highest BCUT2D eigenvalue weighted by atomic mass is 16.2. The van der Waals surface area contributed by atoms with Crippen LogP contribution in [0.1, 0.15) is 29.6 Å². The molecular weight excluding hydrogens is 232 g/mol. The van der Waals surface area contributed by atoms with Gasteiger partial charge in [0.25, 0.3) is 5.91 Å². The smallest absolute Gasteiger partial charge is 0.344 e. The molecule has 2 amide bonds. The van der Waals surface area contributed by atoms with Crippen molar-refractivity contribution >= 4 is 11.9 Å². The minimum absolute atomic E-state index is 0.156. The number of carbonyl (C=O) groups excluding carboxylic acids is 2. The van der Waals surface area contributed by atoms with E-state index in [1.807, 2.05) is 4.90 Å². The molecule has 0 aromatic carbocycles. The maximum atomic E-state index is 12.2. The molecule has 2 atom stereocenters. The molecule has 1 aliphatic carbocycles. The van der Waals surface area contributed by atoms with E-state index in [4.69, 9.17) is 5.73 Å². The van der Waals surface area contributed by atoms with Gasteiger partial charge in [0.1, 0.15) is 0 Å². The van der Waals surface area contributed by atoms with Gasteiger partial charge in [0.2, 0.25) is 0 Å². The van der Waals surface area contributed by atoms with Crippen molar-refractivity contribution in [2.75, 3.05) is 13.1 Å². The molecule has 3 rings (SSSR count). The Balaban J connectivity index is 1.72. The van der Waals surface area contributed by atoms with Crippen LogP contribution in [-0.4, -0.2) is 39.7 Å². The van der Waals surface area contributed by atoms with E-state index in [2.05, 4.69) is 5.10 Å². The highest BCUT2D eigenvalue weighted by Crippen LogP contribution is 2.37. The number of amides is 2. The van der Waals surface area contributed by atoms with Gasteiger partial charge in [-0.2, -0.15) is 9.78 Å². The molecular formula is C12H16N4O2. The van der Waals surface area contributed by atoms with E-state index in [-0.39, 0.29) is 11.6 Å². The zero-order valence-electron chi connectivity index (χ0n) is 10.1. The van der Waals surface area contributed by atoms with E-state index >= 15 is 0 Å². The number of carbonyl (C=O) groups is 2. The van der Waals surface area contributed by atoms with Gasteiger partial charge in [-0.1, -0.05) is 6.42 Å². The van der Waals surface area contributed by atoms with Crippen molar-refractivity contribution in [1.82, 2.24) is 14.7 Å². The third kappa shape index (κ3) is 1.77. The maximum absolute atomic E-state index is 12.2. The first kappa shape index (κ1) is 11.3. The van der Waals surface area contributed by atoms with Crippen LogP contribution in [0, 0.1) is 11.8 Å². The lowest BCUT2D eigenvalue weighted by Crippen LogP contribution is -2.33. The molecule has 2 heterocycles. The van der Waals surface area contributed by atoms with Gasteiger partial charge in [-0.05, 0) is 24.7 Å². The minimum atomic E-state index is -0.563. The van der Waals surface area contributed by atoms with E-state index in [0.29, 0.717) is 11.8 Å². The Bertz CT molecular complexity index is 484. The molecule has 1 aromatic rings. The van der Waals surface area contributed by atoms with Crippen LogP contribution in [0.3, 0.4) is 0 Å². The zero-order valence-corrected chi connectivity index (χ0v) is 10.1. The molecule has 6 heteroatoms. The largest absolute Gasteiger partial charge is 0.366 e. The van der Waals surface area contributed by atoms with Crippen molar-refractivity contribution in [1.29, 1.82) is 0 Å². The van der Waals surface area contributed by atoms with Crippen LogP contribution in [0.5, 0.6) is 0 Å². The lowest BCUT2D eigenvalue weighted by Gasteiger charge is -2.16. The van der Waals surface area contributed by atoms with Crippen molar-refractivity contribution in [2.24, 2.45) is 17.6 Å². The molecule has 6 nitrogen and oxygen atoms in total. The van der Waals surface area contributed by atoms with Gasteiger partial charge in [-0.3, -0.25) is 4.79 Å². The molecule has 2 fully saturated rings. The summed E-state index contributed by atoms with van der Waals surface area (Å²) in [6.07, 6.45) is 6.46. The highest BCUT2D eigenvalue weighted by Gasteiger charge is 2.38. The van der Waals surface area contributed by atoms with Crippen molar-refractivity contribution < 1.29 is 9.59 Å². The van der Waals surface area contributed by atoms with E-state index < -0.39 is 5.91 Å². The van der Waals surface area contributed by atoms with Crippen molar-refractivity contribution in [2.45, 2.75) is 19.3 Å². The monoisotopic (exact) mass is 248 g/mol. The first-order chi connectivity index (χ1) is 8.65. The third-order valence-electron chi connectivity index (χ3n) is 4.06. The van der Waals surface area contributed by atoms with Gasteiger partial charge in [-0.15, -0.1) is 0 Å². The van der Waals surface area contributed by atoms with Crippen molar-refractivity contribution in [3.8, 4) is 0 Å². The Morgan fingerprint density at radius 3 is 2.50 bits per heavy atom.